The van der Waals surface area contributed by atoms with E-state index in [-0.39, 0.29) is 30.6 Å². The van der Waals surface area contributed by atoms with E-state index in [1.54, 1.807) is 20.8 Å². The molecular weight excluding hydrogens is 674 g/mol. The fourth-order valence-corrected chi connectivity index (χ4v) is 5.25. The topological polar surface area (TPSA) is 245 Å². The molecule has 0 amide bonds. The van der Waals surface area contributed by atoms with Gasteiger partial charge in [-0.3, -0.25) is 24.0 Å². The molecule has 0 aromatic carbocycles. The van der Waals surface area contributed by atoms with Gasteiger partial charge in [-0.05, 0) is 77.0 Å². The fraction of sp³-hybridized carbons (Fsp3) is 0.812. The lowest BCUT2D eigenvalue weighted by Crippen LogP contribution is -2.40. The van der Waals surface area contributed by atoms with Crippen LogP contribution in [0.4, 0.5) is 4.79 Å². The average molecular weight is 728 g/mol. The zero-order valence-electron chi connectivity index (χ0n) is 29.1. The summed E-state index contributed by atoms with van der Waals surface area (Å²) >= 11 is 4.60. The van der Waals surface area contributed by atoms with Crippen molar-refractivity contribution >= 4 is 46.9 Å². The Morgan fingerprint density at radius 1 is 0.653 bits per heavy atom. The highest BCUT2D eigenvalue weighted by molar-refractivity contribution is 6.61. The molecule has 3 aliphatic rings. The quantitative estimate of drug-likeness (QED) is 0.143. The summed E-state index contributed by atoms with van der Waals surface area (Å²) in [4.78, 5) is 64.8. The first-order valence-corrected chi connectivity index (χ1v) is 16.5. The van der Waals surface area contributed by atoms with Crippen LogP contribution < -0.4 is 5.73 Å². The number of hydrogen-bond acceptors (Lipinski definition) is 13. The summed E-state index contributed by atoms with van der Waals surface area (Å²) in [6, 6.07) is -0.709. The summed E-state index contributed by atoms with van der Waals surface area (Å²) in [6.07, 6.45) is 4.23. The van der Waals surface area contributed by atoms with E-state index in [1.807, 2.05) is 0 Å². The minimum Gasteiger partial charge on any atom is -0.481 e. The molecule has 3 fully saturated rings. The van der Waals surface area contributed by atoms with Crippen LogP contribution in [0.3, 0.4) is 0 Å². The molecule has 0 spiro atoms. The first-order chi connectivity index (χ1) is 22.9. The van der Waals surface area contributed by atoms with Gasteiger partial charge in [-0.2, -0.15) is 0 Å². The monoisotopic (exact) mass is 727 g/mol. The number of ether oxygens (including phenoxy) is 6. The summed E-state index contributed by atoms with van der Waals surface area (Å²) in [7, 11) is 2.49. The van der Waals surface area contributed by atoms with Gasteiger partial charge in [0.05, 0.1) is 38.9 Å². The molecule has 17 heteroatoms. The van der Waals surface area contributed by atoms with E-state index >= 15 is 0 Å². The Hall–Kier alpha value is -3.05. The smallest absolute Gasteiger partial charge is 0.403 e. The Labute approximate surface area is 292 Å². The molecule has 0 radical (unpaired) electrons. The van der Waals surface area contributed by atoms with Crippen molar-refractivity contribution < 1.29 is 72.5 Å². The molecule has 5 N–H and O–H groups in total. The van der Waals surface area contributed by atoms with Gasteiger partial charge in [0.15, 0.2) is 0 Å². The molecule has 0 aromatic heterocycles. The maximum absolute atomic E-state index is 11.7. The SMILES string of the molecule is CC(C)(C)OC(=O)C[C@H](C(=O)O)C1CCOCC1.COC(=O)C[C@H](C(=O)O)C1CCOCC1.COC(=O)Cl.N[C@H](C(=O)O)C1CCOCC1. The van der Waals surface area contributed by atoms with E-state index in [0.29, 0.717) is 65.3 Å². The lowest BCUT2D eigenvalue weighted by Gasteiger charge is -2.28. The lowest BCUT2D eigenvalue weighted by atomic mass is 9.84. The van der Waals surface area contributed by atoms with Crippen molar-refractivity contribution in [3.8, 4) is 0 Å². The van der Waals surface area contributed by atoms with Crippen molar-refractivity contribution in [1.29, 1.82) is 0 Å². The molecule has 0 aromatic rings. The van der Waals surface area contributed by atoms with Crippen LogP contribution in [0.5, 0.6) is 0 Å². The van der Waals surface area contributed by atoms with E-state index in [4.69, 9.17) is 34.9 Å². The van der Waals surface area contributed by atoms with Crippen LogP contribution in [-0.2, 0) is 52.4 Å². The molecule has 0 bridgehead atoms. The number of carbonyl (C=O) groups is 6. The summed E-state index contributed by atoms with van der Waals surface area (Å²) in [6.45, 7) is 8.91. The maximum Gasteiger partial charge on any atom is 0.403 e. The standard InChI is InChI=1S/C13H22O5.C10H16O5.C7H13NO3.C2H3ClO2/c1-13(2,3)18-11(14)8-10(12(15)16)9-4-6-17-7-5-9;1-14-9(11)6-8(10(12)13)7-2-4-15-5-3-7;8-6(7(9)10)5-1-3-11-4-2-5;1-5-2(3)4/h9-10H,4-8H2,1-3H3,(H,15,16);7-8H,2-6H2,1H3,(H,12,13);5-6H,1-4,8H2,(H,9,10);1H3/t10-;8-;6-;/m000./s1. The molecule has 0 unspecified atom stereocenters. The number of methoxy groups -OCH3 is 2. The highest BCUT2D eigenvalue weighted by Crippen LogP contribution is 2.28. The molecule has 49 heavy (non-hydrogen) atoms. The molecule has 0 saturated carbocycles. The lowest BCUT2D eigenvalue weighted by molar-refractivity contribution is -0.162. The van der Waals surface area contributed by atoms with Crippen LogP contribution in [0.2, 0.25) is 0 Å². The Morgan fingerprint density at radius 2 is 0.980 bits per heavy atom. The highest BCUT2D eigenvalue weighted by atomic mass is 35.5. The minimum atomic E-state index is -0.924. The summed E-state index contributed by atoms with van der Waals surface area (Å²) in [5.41, 5.74) is 4.09. The number of nitrogens with two attached hydrogens (primary N) is 1. The third-order valence-corrected chi connectivity index (χ3v) is 8.10. The van der Waals surface area contributed by atoms with Crippen LogP contribution in [0.25, 0.3) is 0 Å². The molecule has 3 aliphatic heterocycles. The first-order valence-electron chi connectivity index (χ1n) is 16.1. The third kappa shape index (κ3) is 21.6. The van der Waals surface area contributed by atoms with Gasteiger partial charge in [0.25, 0.3) is 0 Å². The van der Waals surface area contributed by atoms with Crippen LogP contribution in [-0.4, -0.2) is 116 Å². The molecule has 3 heterocycles. The van der Waals surface area contributed by atoms with Crippen molar-refractivity contribution in [2.24, 2.45) is 35.3 Å². The largest absolute Gasteiger partial charge is 0.481 e. The molecule has 3 atom stereocenters. The number of carboxylic acid groups (broad SMARTS) is 3. The summed E-state index contributed by atoms with van der Waals surface area (Å²) in [5, 5.41) is 26.8. The number of halogens is 1. The Kier molecular flexibility index (Phi) is 23.4. The Morgan fingerprint density at radius 3 is 1.24 bits per heavy atom. The minimum absolute atomic E-state index is 0.00349. The molecule has 0 aliphatic carbocycles. The van der Waals surface area contributed by atoms with Crippen LogP contribution in [0.1, 0.15) is 72.1 Å². The van der Waals surface area contributed by atoms with Crippen LogP contribution in [0.15, 0.2) is 0 Å². The molecule has 3 saturated heterocycles. The number of hydrogen-bond donors (Lipinski definition) is 4. The number of rotatable bonds is 10. The molecular formula is C32H54ClNO15. The van der Waals surface area contributed by atoms with Crippen LogP contribution >= 0.6 is 11.6 Å². The number of carboxylic acids is 3. The van der Waals surface area contributed by atoms with Crippen molar-refractivity contribution in [2.45, 2.75) is 83.8 Å². The van der Waals surface area contributed by atoms with Crippen LogP contribution in [0, 0.1) is 29.6 Å². The first kappa shape index (κ1) is 46.0. The van der Waals surface area contributed by atoms with Crippen molar-refractivity contribution in [3.05, 3.63) is 0 Å². The molecule has 3 rings (SSSR count). The molecule has 16 nitrogen and oxygen atoms in total. The van der Waals surface area contributed by atoms with Crippen molar-refractivity contribution in [2.75, 3.05) is 53.9 Å². The van der Waals surface area contributed by atoms with Crippen molar-refractivity contribution in [1.82, 2.24) is 0 Å². The van der Waals surface area contributed by atoms with Gasteiger partial charge in [-0.25, -0.2) is 4.79 Å². The zero-order valence-corrected chi connectivity index (χ0v) is 29.8. The normalized spacial score (nSPS) is 18.9. The van der Waals surface area contributed by atoms with E-state index < -0.39 is 58.8 Å². The predicted molar refractivity (Wildman–Crippen MR) is 174 cm³/mol. The summed E-state index contributed by atoms with van der Waals surface area (Å²) < 4.78 is 29.0. The summed E-state index contributed by atoms with van der Waals surface area (Å²) in [5.74, 6) is -4.84. The van der Waals surface area contributed by atoms with Gasteiger partial charge in [-0.15, -0.1) is 0 Å². The predicted octanol–water partition coefficient (Wildman–Crippen LogP) is 3.34. The van der Waals surface area contributed by atoms with Crippen molar-refractivity contribution in [3.63, 3.8) is 0 Å². The second kappa shape index (κ2) is 25.0. The van der Waals surface area contributed by atoms with E-state index in [1.165, 1.54) is 14.2 Å². The van der Waals surface area contributed by atoms with E-state index in [2.05, 4.69) is 21.1 Å². The second-order valence-electron chi connectivity index (χ2n) is 12.6. The van der Waals surface area contributed by atoms with Gasteiger partial charge in [0, 0.05) is 51.2 Å². The van der Waals surface area contributed by atoms with Gasteiger partial charge >= 0.3 is 35.3 Å². The Bertz CT molecular complexity index is 1020. The maximum atomic E-state index is 11.7. The Balaban J connectivity index is 0.000000673. The van der Waals surface area contributed by atoms with Gasteiger partial charge in [0.2, 0.25) is 0 Å². The average Bonchev–Trinajstić information content (AvgIpc) is 3.06. The van der Waals surface area contributed by atoms with Gasteiger partial charge in [0.1, 0.15) is 11.6 Å². The number of esters is 2. The third-order valence-electron chi connectivity index (χ3n) is 7.94. The molecule has 284 valence electrons. The van der Waals surface area contributed by atoms with Gasteiger partial charge in [-0.1, -0.05) is 0 Å². The number of carbonyl (C=O) groups excluding carboxylic acids is 3. The highest BCUT2D eigenvalue weighted by Gasteiger charge is 2.34. The second-order valence-corrected chi connectivity index (χ2v) is 12.9. The zero-order chi connectivity index (χ0) is 37.6. The van der Waals surface area contributed by atoms with E-state index in [0.717, 1.165) is 12.8 Å². The fourth-order valence-electron chi connectivity index (χ4n) is 5.25. The number of aliphatic carboxylic acids is 3. The van der Waals surface area contributed by atoms with Gasteiger partial charge < -0.3 is 49.5 Å². The van der Waals surface area contributed by atoms with E-state index in [9.17, 15) is 33.9 Å².